The molecular formula is C14H28N2O. The predicted molar refractivity (Wildman–Crippen MR) is 71.8 cm³/mol. The Morgan fingerprint density at radius 3 is 2.41 bits per heavy atom. The van der Waals surface area contributed by atoms with Crippen LogP contribution in [0.2, 0.25) is 0 Å². The number of hydrogen-bond donors (Lipinski definition) is 2. The van der Waals surface area contributed by atoms with Crippen molar-refractivity contribution in [3.05, 3.63) is 0 Å². The molecule has 2 atom stereocenters. The fourth-order valence-corrected chi connectivity index (χ4v) is 2.81. The number of carbonyl (C=O) groups excluding carboxylic acids is 1. The second kappa shape index (κ2) is 5.85. The van der Waals surface area contributed by atoms with Crippen LogP contribution in [0, 0.1) is 17.3 Å². The van der Waals surface area contributed by atoms with E-state index in [2.05, 4.69) is 31.4 Å². The minimum atomic E-state index is 0.0827. The lowest BCUT2D eigenvalue weighted by Crippen LogP contribution is -2.39. The van der Waals surface area contributed by atoms with E-state index in [1.807, 2.05) is 13.8 Å². The van der Waals surface area contributed by atoms with Crippen molar-refractivity contribution >= 4 is 5.91 Å². The summed E-state index contributed by atoms with van der Waals surface area (Å²) >= 11 is 0. The Labute approximate surface area is 106 Å². The number of hydrogen-bond acceptors (Lipinski definition) is 2. The van der Waals surface area contributed by atoms with Crippen molar-refractivity contribution in [2.45, 2.75) is 53.5 Å². The highest BCUT2D eigenvalue weighted by Gasteiger charge is 2.35. The van der Waals surface area contributed by atoms with Gasteiger partial charge in [-0.05, 0) is 24.2 Å². The van der Waals surface area contributed by atoms with Gasteiger partial charge in [0.05, 0.1) is 0 Å². The predicted octanol–water partition coefficient (Wildman–Crippen LogP) is 2.17. The molecule has 1 amide bonds. The zero-order valence-corrected chi connectivity index (χ0v) is 12.0. The van der Waals surface area contributed by atoms with Crippen molar-refractivity contribution in [3.8, 4) is 0 Å². The van der Waals surface area contributed by atoms with E-state index in [1.54, 1.807) is 0 Å². The first-order valence-electron chi connectivity index (χ1n) is 6.83. The normalized spacial score (nSPS) is 27.4. The van der Waals surface area contributed by atoms with Gasteiger partial charge in [0.2, 0.25) is 5.91 Å². The molecular weight excluding hydrogens is 212 g/mol. The number of amides is 1. The van der Waals surface area contributed by atoms with Gasteiger partial charge in [-0.3, -0.25) is 4.79 Å². The van der Waals surface area contributed by atoms with Gasteiger partial charge >= 0.3 is 0 Å². The van der Waals surface area contributed by atoms with Crippen LogP contribution in [0.1, 0.15) is 47.5 Å². The molecule has 0 saturated heterocycles. The topological polar surface area (TPSA) is 41.1 Å². The summed E-state index contributed by atoms with van der Waals surface area (Å²) in [6, 6.07) is 0.612. The van der Waals surface area contributed by atoms with E-state index >= 15 is 0 Å². The summed E-state index contributed by atoms with van der Waals surface area (Å²) in [5, 5.41) is 6.51. The van der Waals surface area contributed by atoms with Gasteiger partial charge in [0.1, 0.15) is 0 Å². The molecule has 1 aliphatic carbocycles. The first-order chi connectivity index (χ1) is 7.82. The Morgan fingerprint density at radius 2 is 1.94 bits per heavy atom. The van der Waals surface area contributed by atoms with Gasteiger partial charge in [-0.25, -0.2) is 0 Å². The molecule has 0 radical (unpaired) electrons. The lowest BCUT2D eigenvalue weighted by Gasteiger charge is -2.19. The highest BCUT2D eigenvalue weighted by atomic mass is 16.1. The Kier molecular flexibility index (Phi) is 4.99. The van der Waals surface area contributed by atoms with Gasteiger partial charge in [0, 0.05) is 25.0 Å². The molecule has 1 aliphatic rings. The van der Waals surface area contributed by atoms with E-state index in [1.165, 1.54) is 12.8 Å². The molecule has 100 valence electrons. The molecule has 1 rings (SSSR count). The fraction of sp³-hybridized carbons (Fsp3) is 0.929. The van der Waals surface area contributed by atoms with Gasteiger partial charge < -0.3 is 10.6 Å². The maximum atomic E-state index is 11.4. The molecule has 0 aromatic rings. The largest absolute Gasteiger partial charge is 0.355 e. The molecule has 1 fully saturated rings. The summed E-state index contributed by atoms with van der Waals surface area (Å²) in [6.45, 7) is 12.5. The van der Waals surface area contributed by atoms with Crippen LogP contribution < -0.4 is 10.6 Å². The smallest absolute Gasteiger partial charge is 0.222 e. The molecule has 0 spiro atoms. The molecule has 3 nitrogen and oxygen atoms in total. The molecule has 0 heterocycles. The van der Waals surface area contributed by atoms with Crippen LogP contribution in [0.3, 0.4) is 0 Å². The maximum absolute atomic E-state index is 11.4. The third kappa shape index (κ3) is 4.66. The Morgan fingerprint density at radius 1 is 1.29 bits per heavy atom. The van der Waals surface area contributed by atoms with E-state index < -0.39 is 0 Å². The maximum Gasteiger partial charge on any atom is 0.222 e. The average Bonchev–Trinajstić information content (AvgIpc) is 2.46. The quantitative estimate of drug-likeness (QED) is 0.723. The standard InChI is InChI=1S/C14H28N2O/c1-10(2)13(17)16-7-6-15-12-9-14(4,5)8-11(12)3/h10-12,15H,6-9H2,1-5H3,(H,16,17)/t11-,12-/m0/s1. The zero-order valence-electron chi connectivity index (χ0n) is 12.0. The van der Waals surface area contributed by atoms with Crippen LogP contribution in [0.4, 0.5) is 0 Å². The molecule has 0 bridgehead atoms. The fourth-order valence-electron chi connectivity index (χ4n) is 2.81. The number of nitrogens with one attached hydrogen (secondary N) is 2. The first-order valence-corrected chi connectivity index (χ1v) is 6.83. The van der Waals surface area contributed by atoms with Gasteiger partial charge in [-0.15, -0.1) is 0 Å². The van der Waals surface area contributed by atoms with Crippen molar-refractivity contribution < 1.29 is 4.79 Å². The van der Waals surface area contributed by atoms with Gasteiger partial charge in [0.15, 0.2) is 0 Å². The van der Waals surface area contributed by atoms with Gasteiger partial charge in [0.25, 0.3) is 0 Å². The minimum Gasteiger partial charge on any atom is -0.355 e. The molecule has 17 heavy (non-hydrogen) atoms. The molecule has 0 aromatic carbocycles. The van der Waals surface area contributed by atoms with Crippen LogP contribution in [0.15, 0.2) is 0 Å². The van der Waals surface area contributed by atoms with Crippen molar-refractivity contribution in [1.29, 1.82) is 0 Å². The van der Waals surface area contributed by atoms with Crippen LogP contribution in [0.25, 0.3) is 0 Å². The molecule has 0 aromatic heterocycles. The number of rotatable bonds is 5. The van der Waals surface area contributed by atoms with Crippen LogP contribution >= 0.6 is 0 Å². The SMILES string of the molecule is CC(C)C(=O)NCCN[C@H]1CC(C)(C)C[C@@H]1C. The second-order valence-electron chi connectivity index (χ2n) is 6.56. The number of carbonyl (C=O) groups is 1. The molecule has 1 saturated carbocycles. The Bertz CT molecular complexity index is 261. The highest BCUT2D eigenvalue weighted by Crippen LogP contribution is 2.40. The van der Waals surface area contributed by atoms with Crippen molar-refractivity contribution in [3.63, 3.8) is 0 Å². The average molecular weight is 240 g/mol. The van der Waals surface area contributed by atoms with Crippen LogP contribution in [-0.2, 0) is 4.79 Å². The lowest BCUT2D eigenvalue weighted by atomic mass is 9.91. The Hall–Kier alpha value is -0.570. The van der Waals surface area contributed by atoms with Gasteiger partial charge in [-0.1, -0.05) is 34.6 Å². The van der Waals surface area contributed by atoms with Gasteiger partial charge in [-0.2, -0.15) is 0 Å². The van der Waals surface area contributed by atoms with Crippen LogP contribution in [-0.4, -0.2) is 25.0 Å². The summed E-state index contributed by atoms with van der Waals surface area (Å²) in [4.78, 5) is 11.4. The molecule has 0 unspecified atom stereocenters. The second-order valence-corrected chi connectivity index (χ2v) is 6.56. The van der Waals surface area contributed by atoms with Crippen molar-refractivity contribution in [2.75, 3.05) is 13.1 Å². The summed E-state index contributed by atoms with van der Waals surface area (Å²) in [6.07, 6.45) is 2.54. The summed E-state index contributed by atoms with van der Waals surface area (Å²) in [5.74, 6) is 0.969. The monoisotopic (exact) mass is 240 g/mol. The van der Waals surface area contributed by atoms with Crippen molar-refractivity contribution in [2.24, 2.45) is 17.3 Å². The molecule has 0 aliphatic heterocycles. The van der Waals surface area contributed by atoms with E-state index in [4.69, 9.17) is 0 Å². The van der Waals surface area contributed by atoms with E-state index in [0.29, 0.717) is 11.5 Å². The summed E-state index contributed by atoms with van der Waals surface area (Å²) in [7, 11) is 0. The van der Waals surface area contributed by atoms with E-state index in [-0.39, 0.29) is 11.8 Å². The molecule has 3 heteroatoms. The first kappa shape index (κ1) is 14.5. The zero-order chi connectivity index (χ0) is 13.1. The van der Waals surface area contributed by atoms with E-state index in [0.717, 1.165) is 19.0 Å². The highest BCUT2D eigenvalue weighted by molar-refractivity contribution is 5.77. The van der Waals surface area contributed by atoms with Crippen LogP contribution in [0.5, 0.6) is 0 Å². The summed E-state index contributed by atoms with van der Waals surface area (Å²) in [5.41, 5.74) is 0.470. The minimum absolute atomic E-state index is 0.0827. The Balaban J connectivity index is 2.17. The van der Waals surface area contributed by atoms with Crippen molar-refractivity contribution in [1.82, 2.24) is 10.6 Å². The third-order valence-corrected chi connectivity index (χ3v) is 3.69. The summed E-state index contributed by atoms with van der Waals surface area (Å²) < 4.78 is 0. The molecule has 2 N–H and O–H groups in total. The third-order valence-electron chi connectivity index (χ3n) is 3.69. The van der Waals surface area contributed by atoms with E-state index in [9.17, 15) is 4.79 Å². The lowest BCUT2D eigenvalue weighted by molar-refractivity contribution is -0.123.